The van der Waals surface area contributed by atoms with Crippen LogP contribution in [0, 0.1) is 0 Å². The molecular formula is C12H21N3O2. The molecule has 1 amide bonds. The molecule has 1 N–H and O–H groups in total. The van der Waals surface area contributed by atoms with Crippen LogP contribution in [0.4, 0.5) is 0 Å². The Labute approximate surface area is 102 Å². The van der Waals surface area contributed by atoms with Crippen molar-refractivity contribution in [3.05, 3.63) is 0 Å². The highest BCUT2D eigenvalue weighted by Gasteiger charge is 2.35. The zero-order valence-electron chi connectivity index (χ0n) is 10.2. The van der Waals surface area contributed by atoms with Crippen molar-refractivity contribution in [3.63, 3.8) is 0 Å². The van der Waals surface area contributed by atoms with Crippen LogP contribution in [0.25, 0.3) is 0 Å². The fourth-order valence-electron chi connectivity index (χ4n) is 2.62. The minimum Gasteiger partial charge on any atom is -0.379 e. The summed E-state index contributed by atoms with van der Waals surface area (Å²) in [6.45, 7) is 4.06. The van der Waals surface area contributed by atoms with Crippen LogP contribution in [-0.4, -0.2) is 60.9 Å². The van der Waals surface area contributed by atoms with E-state index < -0.39 is 0 Å². The van der Waals surface area contributed by atoms with Gasteiger partial charge in [-0.2, -0.15) is 0 Å². The van der Waals surface area contributed by atoms with Crippen LogP contribution in [-0.2, 0) is 9.53 Å². The molecule has 2 heterocycles. The molecule has 2 aliphatic heterocycles. The van der Waals surface area contributed by atoms with Crippen molar-refractivity contribution in [2.75, 3.05) is 32.8 Å². The van der Waals surface area contributed by atoms with Crippen LogP contribution in [0.15, 0.2) is 0 Å². The first-order valence-electron chi connectivity index (χ1n) is 6.74. The zero-order chi connectivity index (χ0) is 11.7. The van der Waals surface area contributed by atoms with Gasteiger partial charge >= 0.3 is 0 Å². The van der Waals surface area contributed by atoms with E-state index in [0.29, 0.717) is 6.04 Å². The average molecular weight is 239 g/mol. The number of nitrogens with zero attached hydrogens (tertiary/aromatic N) is 2. The topological polar surface area (TPSA) is 44.8 Å². The Morgan fingerprint density at radius 3 is 2.59 bits per heavy atom. The van der Waals surface area contributed by atoms with Gasteiger partial charge in [-0.3, -0.25) is 9.80 Å². The van der Waals surface area contributed by atoms with E-state index >= 15 is 0 Å². The van der Waals surface area contributed by atoms with Gasteiger partial charge in [-0.15, -0.1) is 0 Å². The van der Waals surface area contributed by atoms with E-state index in [0.717, 1.165) is 45.7 Å². The van der Waals surface area contributed by atoms with Gasteiger partial charge in [0.15, 0.2) is 0 Å². The molecule has 1 aliphatic carbocycles. The fraction of sp³-hybridized carbons (Fsp3) is 0.917. The van der Waals surface area contributed by atoms with E-state index in [1.807, 2.05) is 5.01 Å². The molecule has 3 rings (SSSR count). The number of nitrogens with one attached hydrogen (secondary N) is 1. The quantitative estimate of drug-likeness (QED) is 0.751. The number of hydrogen-bond acceptors (Lipinski definition) is 4. The molecule has 0 spiro atoms. The molecule has 0 bridgehead atoms. The van der Waals surface area contributed by atoms with Gasteiger partial charge in [0.25, 0.3) is 5.91 Å². The van der Waals surface area contributed by atoms with Crippen LogP contribution in [0.5, 0.6) is 0 Å². The smallest absolute Gasteiger partial charge is 0.253 e. The van der Waals surface area contributed by atoms with Crippen LogP contribution in [0.3, 0.4) is 0 Å². The summed E-state index contributed by atoms with van der Waals surface area (Å²) >= 11 is 0. The molecule has 96 valence electrons. The van der Waals surface area contributed by atoms with Gasteiger partial charge in [0.05, 0.1) is 19.3 Å². The molecule has 1 unspecified atom stereocenters. The number of ether oxygens (including phenoxy) is 1. The Hall–Kier alpha value is -0.650. The second-order valence-corrected chi connectivity index (χ2v) is 5.16. The third kappa shape index (κ3) is 2.61. The predicted octanol–water partition coefficient (Wildman–Crippen LogP) is -0.0234. The van der Waals surface area contributed by atoms with Crippen molar-refractivity contribution in [1.82, 2.24) is 15.3 Å². The highest BCUT2D eigenvalue weighted by Crippen LogP contribution is 2.23. The number of hydrazine groups is 1. The summed E-state index contributed by atoms with van der Waals surface area (Å²) in [5.41, 5.74) is 0. The number of carbonyl (C=O) groups is 1. The lowest BCUT2D eigenvalue weighted by Crippen LogP contribution is -2.59. The second-order valence-electron chi connectivity index (χ2n) is 5.16. The Kier molecular flexibility index (Phi) is 3.31. The second kappa shape index (κ2) is 4.92. The molecule has 1 saturated carbocycles. The summed E-state index contributed by atoms with van der Waals surface area (Å²) in [4.78, 5) is 12.4. The lowest BCUT2D eigenvalue weighted by atomic mass is 10.1. The Bertz CT molecular complexity index is 287. The van der Waals surface area contributed by atoms with E-state index in [9.17, 15) is 4.79 Å². The number of hydrogen-bond donors (Lipinski definition) is 1. The maximum atomic E-state index is 12.4. The van der Waals surface area contributed by atoms with Crippen LogP contribution >= 0.6 is 0 Å². The van der Waals surface area contributed by atoms with Crippen molar-refractivity contribution in [3.8, 4) is 0 Å². The van der Waals surface area contributed by atoms with E-state index in [2.05, 4.69) is 10.3 Å². The molecule has 1 atom stereocenters. The van der Waals surface area contributed by atoms with Crippen LogP contribution in [0.2, 0.25) is 0 Å². The van der Waals surface area contributed by atoms with E-state index in [1.54, 1.807) is 0 Å². The summed E-state index contributed by atoms with van der Waals surface area (Å²) in [6.07, 6.45) is 4.58. The van der Waals surface area contributed by atoms with Crippen molar-refractivity contribution in [2.45, 2.75) is 37.8 Å². The first kappa shape index (κ1) is 11.4. The van der Waals surface area contributed by atoms with Gasteiger partial charge in [0, 0.05) is 25.7 Å². The van der Waals surface area contributed by atoms with E-state index in [1.165, 1.54) is 12.8 Å². The van der Waals surface area contributed by atoms with Crippen molar-refractivity contribution in [1.29, 1.82) is 0 Å². The molecule has 0 aromatic heterocycles. The molecule has 0 aromatic rings. The third-order valence-electron chi connectivity index (χ3n) is 3.76. The summed E-state index contributed by atoms with van der Waals surface area (Å²) < 4.78 is 5.33. The summed E-state index contributed by atoms with van der Waals surface area (Å²) in [6, 6.07) is 0.660. The lowest BCUT2D eigenvalue weighted by molar-refractivity contribution is -0.163. The van der Waals surface area contributed by atoms with Crippen molar-refractivity contribution >= 4 is 5.91 Å². The minimum atomic E-state index is 0.0547. The maximum absolute atomic E-state index is 12.4. The Morgan fingerprint density at radius 1 is 1.12 bits per heavy atom. The maximum Gasteiger partial charge on any atom is 0.253 e. The molecule has 17 heavy (non-hydrogen) atoms. The van der Waals surface area contributed by atoms with E-state index in [4.69, 9.17) is 4.74 Å². The fourth-order valence-corrected chi connectivity index (χ4v) is 2.62. The standard InChI is InChI=1S/C12H21N3O2/c16-12-11(13-10-3-4-10)2-1-5-15(12)14-6-8-17-9-7-14/h10-11,13H,1-9H2. The van der Waals surface area contributed by atoms with Crippen molar-refractivity contribution in [2.24, 2.45) is 0 Å². The number of carbonyl (C=O) groups excluding carboxylic acids is 1. The molecule has 0 aromatic carbocycles. The minimum absolute atomic E-state index is 0.0547. The molecule has 0 radical (unpaired) electrons. The number of rotatable bonds is 3. The molecule has 2 saturated heterocycles. The molecule has 5 heteroatoms. The van der Waals surface area contributed by atoms with Gasteiger partial charge in [0.2, 0.25) is 0 Å². The van der Waals surface area contributed by atoms with Gasteiger partial charge in [-0.25, -0.2) is 5.01 Å². The normalized spacial score (nSPS) is 31.9. The van der Waals surface area contributed by atoms with Crippen LogP contribution < -0.4 is 5.32 Å². The van der Waals surface area contributed by atoms with Gasteiger partial charge in [-0.1, -0.05) is 0 Å². The Morgan fingerprint density at radius 2 is 1.88 bits per heavy atom. The highest BCUT2D eigenvalue weighted by atomic mass is 16.5. The van der Waals surface area contributed by atoms with Gasteiger partial charge < -0.3 is 10.1 Å². The Balaban J connectivity index is 1.60. The number of piperidine rings is 1. The average Bonchev–Trinajstić information content (AvgIpc) is 3.17. The SMILES string of the molecule is O=C1C(NC2CC2)CCCN1N1CCOCC1. The summed E-state index contributed by atoms with van der Waals surface area (Å²) in [5.74, 6) is 0.269. The monoisotopic (exact) mass is 239 g/mol. The van der Waals surface area contributed by atoms with Crippen molar-refractivity contribution < 1.29 is 9.53 Å². The molecular weight excluding hydrogens is 218 g/mol. The first-order chi connectivity index (χ1) is 8.34. The molecule has 3 aliphatic rings. The van der Waals surface area contributed by atoms with E-state index in [-0.39, 0.29) is 11.9 Å². The molecule has 3 fully saturated rings. The number of morpholine rings is 1. The summed E-state index contributed by atoms with van der Waals surface area (Å²) in [5, 5.41) is 7.57. The largest absolute Gasteiger partial charge is 0.379 e. The van der Waals surface area contributed by atoms with Gasteiger partial charge in [0.1, 0.15) is 0 Å². The van der Waals surface area contributed by atoms with Gasteiger partial charge in [-0.05, 0) is 25.7 Å². The predicted molar refractivity (Wildman–Crippen MR) is 63.3 cm³/mol. The third-order valence-corrected chi connectivity index (χ3v) is 3.76. The lowest BCUT2D eigenvalue weighted by Gasteiger charge is -2.41. The summed E-state index contributed by atoms with van der Waals surface area (Å²) in [7, 11) is 0. The number of amides is 1. The van der Waals surface area contributed by atoms with Crippen LogP contribution in [0.1, 0.15) is 25.7 Å². The first-order valence-corrected chi connectivity index (χ1v) is 6.74. The highest BCUT2D eigenvalue weighted by molar-refractivity contribution is 5.82. The molecule has 5 nitrogen and oxygen atoms in total. The zero-order valence-corrected chi connectivity index (χ0v) is 10.2.